The smallest absolute Gasteiger partial charge is 0.243 e. The van der Waals surface area contributed by atoms with E-state index in [4.69, 9.17) is 4.74 Å². The normalized spacial score (nSPS) is 21.1. The number of likely N-dealkylation sites (N-methyl/N-ethyl adjacent to an activating group) is 1. The van der Waals surface area contributed by atoms with Crippen molar-refractivity contribution in [1.82, 2.24) is 20.1 Å². The summed E-state index contributed by atoms with van der Waals surface area (Å²) < 4.78 is 5.37. The van der Waals surface area contributed by atoms with Gasteiger partial charge < -0.3 is 10.1 Å². The molecular formula is C17H23N5O2. The van der Waals surface area contributed by atoms with Gasteiger partial charge in [0.2, 0.25) is 5.91 Å². The van der Waals surface area contributed by atoms with Crippen LogP contribution in [0.3, 0.4) is 0 Å². The van der Waals surface area contributed by atoms with E-state index in [2.05, 4.69) is 20.5 Å². The minimum Gasteiger partial charge on any atom is -0.380 e. The molecule has 1 saturated heterocycles. The van der Waals surface area contributed by atoms with Crippen molar-refractivity contribution in [1.29, 1.82) is 0 Å². The summed E-state index contributed by atoms with van der Waals surface area (Å²) in [6.45, 7) is 2.81. The number of aromatic nitrogens is 3. The van der Waals surface area contributed by atoms with E-state index in [0.717, 1.165) is 29.8 Å². The molecule has 2 aromatic heterocycles. The molecule has 24 heavy (non-hydrogen) atoms. The molecule has 7 heteroatoms. The molecule has 0 bridgehead atoms. The molecule has 3 rings (SSSR count). The average Bonchev–Trinajstić information content (AvgIpc) is 3.18. The summed E-state index contributed by atoms with van der Waals surface area (Å²) in [7, 11) is 3.62. The molecule has 0 aliphatic carbocycles. The van der Waals surface area contributed by atoms with E-state index < -0.39 is 0 Å². The van der Waals surface area contributed by atoms with Gasteiger partial charge in [0, 0.05) is 37.2 Å². The van der Waals surface area contributed by atoms with E-state index in [1.54, 1.807) is 19.5 Å². The van der Waals surface area contributed by atoms with E-state index in [0.29, 0.717) is 12.2 Å². The molecule has 0 spiro atoms. The molecule has 0 saturated carbocycles. The van der Waals surface area contributed by atoms with Crippen molar-refractivity contribution in [3.05, 3.63) is 30.1 Å². The predicted octanol–water partition coefficient (Wildman–Crippen LogP) is 1.69. The maximum Gasteiger partial charge on any atom is 0.243 e. The Morgan fingerprint density at radius 2 is 2.21 bits per heavy atom. The van der Waals surface area contributed by atoms with Crippen molar-refractivity contribution < 1.29 is 9.53 Å². The number of pyridine rings is 1. The molecule has 0 radical (unpaired) electrons. The van der Waals surface area contributed by atoms with Gasteiger partial charge in [0.15, 0.2) is 5.82 Å². The van der Waals surface area contributed by atoms with Crippen LogP contribution in [0.5, 0.6) is 0 Å². The van der Waals surface area contributed by atoms with Crippen LogP contribution in [-0.4, -0.2) is 58.8 Å². The summed E-state index contributed by atoms with van der Waals surface area (Å²) in [6, 6.07) is 3.65. The summed E-state index contributed by atoms with van der Waals surface area (Å²) >= 11 is 0. The Bertz CT molecular complexity index is 700. The fraction of sp³-hybridized carbons (Fsp3) is 0.471. The summed E-state index contributed by atoms with van der Waals surface area (Å²) in [5.74, 6) is 0.558. The maximum absolute atomic E-state index is 12.6. The van der Waals surface area contributed by atoms with Crippen molar-refractivity contribution in [2.24, 2.45) is 0 Å². The van der Waals surface area contributed by atoms with E-state index >= 15 is 0 Å². The van der Waals surface area contributed by atoms with Crippen molar-refractivity contribution in [2.75, 3.05) is 26.0 Å². The molecule has 2 N–H and O–H groups in total. The molecule has 3 heterocycles. The van der Waals surface area contributed by atoms with Crippen molar-refractivity contribution in [3.8, 4) is 11.3 Å². The molecule has 128 valence electrons. The molecule has 1 aliphatic rings. The van der Waals surface area contributed by atoms with Crippen molar-refractivity contribution in [2.45, 2.75) is 31.9 Å². The molecule has 1 aliphatic heterocycles. The van der Waals surface area contributed by atoms with E-state index in [1.165, 1.54) is 0 Å². The monoisotopic (exact) mass is 329 g/mol. The fourth-order valence-corrected chi connectivity index (χ4v) is 3.20. The molecule has 1 fully saturated rings. The minimum absolute atomic E-state index is 0.0421. The fourth-order valence-electron chi connectivity index (χ4n) is 3.20. The second kappa shape index (κ2) is 7.11. The summed E-state index contributed by atoms with van der Waals surface area (Å²) in [5, 5.41) is 10.3. The quantitative estimate of drug-likeness (QED) is 0.872. The van der Waals surface area contributed by atoms with Gasteiger partial charge in [0.05, 0.1) is 17.8 Å². The SMILES string of the molecule is CCc1c(NC(=O)[C@@H]2C[C@H](OC)CN2C)n[nH]c1-c1ccncc1. The van der Waals surface area contributed by atoms with Gasteiger partial charge in [-0.15, -0.1) is 0 Å². The van der Waals surface area contributed by atoms with Gasteiger partial charge in [-0.1, -0.05) is 6.92 Å². The highest BCUT2D eigenvalue weighted by atomic mass is 16.5. The number of nitrogens with zero attached hydrogens (tertiary/aromatic N) is 3. The first kappa shape index (κ1) is 16.6. The van der Waals surface area contributed by atoms with Gasteiger partial charge in [0.1, 0.15) is 0 Å². The van der Waals surface area contributed by atoms with Crippen LogP contribution in [0.2, 0.25) is 0 Å². The maximum atomic E-state index is 12.6. The topological polar surface area (TPSA) is 83.1 Å². The lowest BCUT2D eigenvalue weighted by Gasteiger charge is -2.17. The molecule has 2 aromatic rings. The Kier molecular flexibility index (Phi) is 4.92. The zero-order valence-corrected chi connectivity index (χ0v) is 14.2. The summed E-state index contributed by atoms with van der Waals surface area (Å²) in [4.78, 5) is 18.7. The van der Waals surface area contributed by atoms with Gasteiger partial charge in [-0.25, -0.2) is 0 Å². The number of anilines is 1. The van der Waals surface area contributed by atoms with Crippen LogP contribution in [0.4, 0.5) is 5.82 Å². The number of hydrogen-bond acceptors (Lipinski definition) is 5. The number of ether oxygens (including phenoxy) is 1. The Balaban J connectivity index is 1.78. The number of likely N-dealkylation sites (tertiary alicyclic amines) is 1. The zero-order chi connectivity index (χ0) is 17.1. The number of aromatic amines is 1. The number of H-pyrrole nitrogens is 1. The van der Waals surface area contributed by atoms with Crippen LogP contribution in [0.25, 0.3) is 11.3 Å². The van der Waals surface area contributed by atoms with E-state index in [1.807, 2.05) is 31.0 Å². The highest BCUT2D eigenvalue weighted by molar-refractivity contribution is 5.95. The summed E-state index contributed by atoms with van der Waals surface area (Å²) in [6.07, 6.45) is 5.05. The largest absolute Gasteiger partial charge is 0.380 e. The van der Waals surface area contributed by atoms with Gasteiger partial charge >= 0.3 is 0 Å². The molecule has 0 unspecified atom stereocenters. The second-order valence-corrected chi connectivity index (χ2v) is 6.05. The Hall–Kier alpha value is -2.25. The molecule has 0 aromatic carbocycles. The van der Waals surface area contributed by atoms with Crippen molar-refractivity contribution >= 4 is 11.7 Å². The Morgan fingerprint density at radius 1 is 1.46 bits per heavy atom. The van der Waals surface area contributed by atoms with Gasteiger partial charge in [-0.2, -0.15) is 5.10 Å². The van der Waals surface area contributed by atoms with Gasteiger partial charge in [0.25, 0.3) is 0 Å². The van der Waals surface area contributed by atoms with E-state index in [9.17, 15) is 4.79 Å². The van der Waals surface area contributed by atoms with E-state index in [-0.39, 0.29) is 18.1 Å². The first-order valence-electron chi connectivity index (χ1n) is 8.15. The Morgan fingerprint density at radius 3 is 2.83 bits per heavy atom. The number of methoxy groups -OCH3 is 1. The number of nitrogens with one attached hydrogen (secondary N) is 2. The number of carbonyl (C=O) groups is 1. The molecule has 7 nitrogen and oxygen atoms in total. The highest BCUT2D eigenvalue weighted by Gasteiger charge is 2.35. The number of amides is 1. The lowest BCUT2D eigenvalue weighted by Crippen LogP contribution is -2.37. The van der Waals surface area contributed by atoms with Gasteiger partial charge in [-0.3, -0.25) is 19.8 Å². The molecule has 2 atom stereocenters. The third kappa shape index (κ3) is 3.18. The highest BCUT2D eigenvalue weighted by Crippen LogP contribution is 2.27. The van der Waals surface area contributed by atoms with Crippen molar-refractivity contribution in [3.63, 3.8) is 0 Å². The van der Waals surface area contributed by atoms with Crippen LogP contribution in [-0.2, 0) is 16.0 Å². The first-order valence-corrected chi connectivity index (χ1v) is 8.15. The number of carbonyl (C=O) groups excluding carboxylic acids is 1. The summed E-state index contributed by atoms with van der Waals surface area (Å²) in [5.41, 5.74) is 2.93. The molecular weight excluding hydrogens is 306 g/mol. The zero-order valence-electron chi connectivity index (χ0n) is 14.2. The third-order valence-electron chi connectivity index (χ3n) is 4.58. The predicted molar refractivity (Wildman–Crippen MR) is 91.7 cm³/mol. The Labute approximate surface area is 141 Å². The minimum atomic E-state index is -0.194. The first-order chi connectivity index (χ1) is 11.6. The standard InChI is InChI=1S/C17H23N5O2/c1-4-13-15(11-5-7-18-8-6-11)20-21-16(13)19-17(23)14-9-12(24-3)10-22(14)2/h5-8,12,14H,4,9-10H2,1-3H3,(H2,19,20,21,23)/t12-,14-/m0/s1. The second-order valence-electron chi connectivity index (χ2n) is 6.05. The van der Waals surface area contributed by atoms with Crippen LogP contribution in [0, 0.1) is 0 Å². The van der Waals surface area contributed by atoms with Crippen LogP contribution in [0.1, 0.15) is 18.9 Å². The number of hydrogen-bond donors (Lipinski definition) is 2. The number of rotatable bonds is 5. The van der Waals surface area contributed by atoms with Gasteiger partial charge in [-0.05, 0) is 32.0 Å². The third-order valence-corrected chi connectivity index (χ3v) is 4.58. The van der Waals surface area contributed by atoms with Crippen LogP contribution >= 0.6 is 0 Å². The van der Waals surface area contributed by atoms with Crippen LogP contribution < -0.4 is 5.32 Å². The lowest BCUT2D eigenvalue weighted by molar-refractivity contribution is -0.120. The van der Waals surface area contributed by atoms with Crippen LogP contribution in [0.15, 0.2) is 24.5 Å². The molecule has 1 amide bonds. The lowest BCUT2D eigenvalue weighted by atomic mass is 10.1. The average molecular weight is 329 g/mol.